The van der Waals surface area contributed by atoms with Crippen LogP contribution in [0.15, 0.2) is 30.3 Å². The lowest BCUT2D eigenvalue weighted by Crippen LogP contribution is -2.33. The number of anilines is 1. The molecule has 3 rings (SSSR count). The molecular weight excluding hydrogens is 347 g/mol. The molecule has 0 aliphatic carbocycles. The number of halogens is 1. The summed E-state index contributed by atoms with van der Waals surface area (Å²) in [6.07, 6.45) is 0. The second-order valence-electron chi connectivity index (χ2n) is 5.61. The zero-order chi connectivity index (χ0) is 18.8. The highest BCUT2D eigenvalue weighted by atomic mass is 19.1. The second kappa shape index (κ2) is 6.87. The molecule has 0 spiro atoms. The van der Waals surface area contributed by atoms with E-state index < -0.39 is 28.0 Å². The Labute approximate surface area is 147 Å². The van der Waals surface area contributed by atoms with Crippen LogP contribution in [-0.2, 0) is 6.54 Å². The van der Waals surface area contributed by atoms with E-state index in [0.29, 0.717) is 18.8 Å². The van der Waals surface area contributed by atoms with Crippen molar-refractivity contribution >= 4 is 17.3 Å². The van der Waals surface area contributed by atoms with E-state index in [0.717, 1.165) is 11.6 Å². The van der Waals surface area contributed by atoms with E-state index >= 15 is 0 Å². The van der Waals surface area contributed by atoms with Crippen LogP contribution >= 0.6 is 0 Å². The summed E-state index contributed by atoms with van der Waals surface area (Å²) in [6, 6.07) is 8.20. The first kappa shape index (κ1) is 17.5. The zero-order valence-electron chi connectivity index (χ0n) is 13.8. The Hall–Kier alpha value is -3.36. The van der Waals surface area contributed by atoms with Crippen LogP contribution in [0.5, 0.6) is 11.5 Å². The standard InChI is InChI=1S/C17H15FN2O6/c1-25-11-4-2-10(3-5-11)9-19-6-7-26-16-13(19)8-12(20(23)24)15(18)14(16)17(21)22/h2-5,8H,6-7,9H2,1H3,(H,21,22). The van der Waals surface area contributed by atoms with Gasteiger partial charge < -0.3 is 19.5 Å². The van der Waals surface area contributed by atoms with Crippen molar-refractivity contribution in [2.24, 2.45) is 0 Å². The maximum absolute atomic E-state index is 14.3. The van der Waals surface area contributed by atoms with E-state index in [4.69, 9.17) is 9.47 Å². The number of fused-ring (bicyclic) bond motifs is 1. The summed E-state index contributed by atoms with van der Waals surface area (Å²) in [5.41, 5.74) is -0.667. The Morgan fingerprint density at radius 3 is 2.69 bits per heavy atom. The van der Waals surface area contributed by atoms with Gasteiger partial charge in [-0.15, -0.1) is 0 Å². The fourth-order valence-electron chi connectivity index (χ4n) is 2.81. The number of methoxy groups -OCH3 is 1. The molecule has 1 heterocycles. The largest absolute Gasteiger partial charge is 0.497 e. The van der Waals surface area contributed by atoms with Gasteiger partial charge in [0.25, 0.3) is 0 Å². The van der Waals surface area contributed by atoms with Gasteiger partial charge in [0.05, 0.1) is 24.3 Å². The molecule has 26 heavy (non-hydrogen) atoms. The molecule has 0 atom stereocenters. The van der Waals surface area contributed by atoms with Crippen molar-refractivity contribution in [3.63, 3.8) is 0 Å². The highest BCUT2D eigenvalue weighted by Gasteiger charge is 2.33. The number of carboxylic acid groups (broad SMARTS) is 1. The minimum absolute atomic E-state index is 0.140. The maximum atomic E-state index is 14.3. The topological polar surface area (TPSA) is 102 Å². The quantitative estimate of drug-likeness (QED) is 0.644. The van der Waals surface area contributed by atoms with E-state index in [2.05, 4.69) is 0 Å². The molecule has 0 saturated heterocycles. The molecule has 8 nitrogen and oxygen atoms in total. The minimum atomic E-state index is -1.62. The number of carboxylic acids is 1. The number of rotatable bonds is 5. The first-order valence-electron chi connectivity index (χ1n) is 7.67. The number of aromatic carboxylic acids is 1. The van der Waals surface area contributed by atoms with Gasteiger partial charge in [-0.05, 0) is 17.7 Å². The van der Waals surface area contributed by atoms with Crippen LogP contribution in [0.1, 0.15) is 15.9 Å². The molecule has 0 amide bonds. The van der Waals surface area contributed by atoms with E-state index in [9.17, 15) is 24.4 Å². The van der Waals surface area contributed by atoms with Crippen LogP contribution in [0.2, 0.25) is 0 Å². The van der Waals surface area contributed by atoms with Crippen LogP contribution in [0, 0.1) is 15.9 Å². The van der Waals surface area contributed by atoms with E-state index in [1.54, 1.807) is 24.1 Å². The molecule has 0 unspecified atom stereocenters. The lowest BCUT2D eigenvalue weighted by Gasteiger charge is -2.32. The minimum Gasteiger partial charge on any atom is -0.497 e. The van der Waals surface area contributed by atoms with E-state index in [1.165, 1.54) is 0 Å². The van der Waals surface area contributed by atoms with Gasteiger partial charge >= 0.3 is 11.7 Å². The Balaban J connectivity index is 2.05. The number of ether oxygens (including phenoxy) is 2. The molecule has 0 saturated carbocycles. The Kier molecular flexibility index (Phi) is 4.61. The number of nitro benzene ring substituents is 1. The van der Waals surface area contributed by atoms with Crippen molar-refractivity contribution in [2.45, 2.75) is 6.54 Å². The molecule has 1 aliphatic heterocycles. The van der Waals surface area contributed by atoms with E-state index in [1.807, 2.05) is 12.1 Å². The molecule has 9 heteroatoms. The van der Waals surface area contributed by atoms with Crippen molar-refractivity contribution in [1.29, 1.82) is 0 Å². The van der Waals surface area contributed by atoms with Gasteiger partial charge in [0.2, 0.25) is 5.82 Å². The first-order chi connectivity index (χ1) is 12.4. The SMILES string of the molecule is COc1ccc(CN2CCOc3c2cc([N+](=O)[O-])c(F)c3C(=O)O)cc1. The molecular formula is C17H15FN2O6. The van der Waals surface area contributed by atoms with Crippen molar-refractivity contribution in [2.75, 3.05) is 25.2 Å². The molecule has 0 aromatic heterocycles. The van der Waals surface area contributed by atoms with Crippen LogP contribution in [-0.4, -0.2) is 36.3 Å². The van der Waals surface area contributed by atoms with E-state index in [-0.39, 0.29) is 18.0 Å². The van der Waals surface area contributed by atoms with Gasteiger partial charge in [0.1, 0.15) is 17.9 Å². The third kappa shape index (κ3) is 3.10. The summed E-state index contributed by atoms with van der Waals surface area (Å²) >= 11 is 0. The van der Waals surface area contributed by atoms with Crippen LogP contribution in [0.3, 0.4) is 0 Å². The summed E-state index contributed by atoms with van der Waals surface area (Å²) in [7, 11) is 1.55. The van der Waals surface area contributed by atoms with Gasteiger partial charge in [-0.25, -0.2) is 4.79 Å². The molecule has 2 aromatic rings. The molecule has 0 fully saturated rings. The second-order valence-corrected chi connectivity index (χ2v) is 5.61. The fraction of sp³-hybridized carbons (Fsp3) is 0.235. The van der Waals surface area contributed by atoms with Gasteiger partial charge in [-0.3, -0.25) is 10.1 Å². The summed E-state index contributed by atoms with van der Waals surface area (Å²) in [4.78, 5) is 23.3. The Morgan fingerprint density at radius 1 is 1.42 bits per heavy atom. The number of nitro groups is 1. The average Bonchev–Trinajstić information content (AvgIpc) is 2.61. The van der Waals surface area contributed by atoms with Crippen molar-refractivity contribution in [3.05, 3.63) is 57.4 Å². The predicted molar refractivity (Wildman–Crippen MR) is 89.6 cm³/mol. The summed E-state index contributed by atoms with van der Waals surface area (Å²) in [5, 5.41) is 20.4. The zero-order valence-corrected chi connectivity index (χ0v) is 13.8. The number of hydrogen-bond acceptors (Lipinski definition) is 6. The Morgan fingerprint density at radius 2 is 2.12 bits per heavy atom. The third-order valence-corrected chi connectivity index (χ3v) is 4.07. The number of carbonyl (C=O) groups is 1. The number of hydrogen-bond donors (Lipinski definition) is 1. The van der Waals surface area contributed by atoms with Crippen LogP contribution in [0.4, 0.5) is 15.8 Å². The van der Waals surface area contributed by atoms with Crippen LogP contribution in [0.25, 0.3) is 0 Å². The van der Waals surface area contributed by atoms with Crippen molar-refractivity contribution in [1.82, 2.24) is 0 Å². The lowest BCUT2D eigenvalue weighted by molar-refractivity contribution is -0.387. The van der Waals surface area contributed by atoms with Gasteiger partial charge in [0.15, 0.2) is 5.75 Å². The first-order valence-corrected chi connectivity index (χ1v) is 7.67. The normalized spacial score (nSPS) is 12.9. The number of nitrogens with zero attached hydrogens (tertiary/aromatic N) is 2. The predicted octanol–water partition coefficient (Wildman–Crippen LogP) is 2.84. The smallest absolute Gasteiger partial charge is 0.342 e. The number of benzene rings is 2. The van der Waals surface area contributed by atoms with Gasteiger partial charge in [0, 0.05) is 12.6 Å². The maximum Gasteiger partial charge on any atom is 0.342 e. The van der Waals surface area contributed by atoms with Gasteiger partial charge in [-0.2, -0.15) is 4.39 Å². The monoisotopic (exact) mass is 362 g/mol. The Bertz CT molecular complexity index is 869. The highest BCUT2D eigenvalue weighted by Crippen LogP contribution is 2.41. The molecule has 1 N–H and O–H groups in total. The summed E-state index contributed by atoms with van der Waals surface area (Å²) < 4.78 is 24.7. The van der Waals surface area contributed by atoms with Crippen molar-refractivity contribution in [3.8, 4) is 11.5 Å². The fourth-order valence-corrected chi connectivity index (χ4v) is 2.81. The van der Waals surface area contributed by atoms with Crippen LogP contribution < -0.4 is 14.4 Å². The molecule has 0 radical (unpaired) electrons. The molecule has 136 valence electrons. The molecule has 1 aliphatic rings. The summed E-state index contributed by atoms with van der Waals surface area (Å²) in [5.74, 6) is -2.54. The lowest BCUT2D eigenvalue weighted by atomic mass is 10.1. The average molecular weight is 362 g/mol. The summed E-state index contributed by atoms with van der Waals surface area (Å²) in [6.45, 7) is 0.865. The molecule has 0 bridgehead atoms. The highest BCUT2D eigenvalue weighted by molar-refractivity contribution is 5.95. The van der Waals surface area contributed by atoms with Gasteiger partial charge in [-0.1, -0.05) is 12.1 Å². The third-order valence-electron chi connectivity index (χ3n) is 4.07. The molecule has 2 aromatic carbocycles. The van der Waals surface area contributed by atoms with Crippen molar-refractivity contribution < 1.29 is 28.7 Å².